The second kappa shape index (κ2) is 5.68. The van der Waals surface area contributed by atoms with Gasteiger partial charge in [0, 0.05) is 24.3 Å². The van der Waals surface area contributed by atoms with Crippen molar-refractivity contribution < 1.29 is 14.6 Å². The summed E-state index contributed by atoms with van der Waals surface area (Å²) in [4.78, 5) is 1.83. The van der Waals surface area contributed by atoms with E-state index in [4.69, 9.17) is 10.2 Å². The van der Waals surface area contributed by atoms with Crippen LogP contribution in [0.4, 0.5) is 10.1 Å². The number of nitrogens with zero attached hydrogens (tertiary/aromatic N) is 1. The summed E-state index contributed by atoms with van der Waals surface area (Å²) in [6.07, 6.45) is 0. The molecule has 0 saturated heterocycles. The molecule has 0 aliphatic carbocycles. The lowest BCUT2D eigenvalue weighted by atomic mass is 10.1. The first-order chi connectivity index (χ1) is 7.24. The van der Waals surface area contributed by atoms with Crippen molar-refractivity contribution in [2.45, 2.75) is 13.5 Å². The predicted octanol–water partition coefficient (Wildman–Crippen LogP) is 1.14. The molecule has 0 unspecified atom stereocenters. The molecule has 1 rings (SSSR count). The number of likely N-dealkylation sites (N-methyl/N-ethyl adjacent to an activating group) is 1. The maximum atomic E-state index is 13.3. The highest BCUT2D eigenvalue weighted by Crippen LogP contribution is 2.22. The van der Waals surface area contributed by atoms with Gasteiger partial charge in [-0.2, -0.15) is 0 Å². The normalized spacial score (nSPS) is 10.4. The molecule has 1 aromatic rings. The molecular formula is C11H16FNO2. The summed E-state index contributed by atoms with van der Waals surface area (Å²) in [6.45, 7) is 2.70. The highest BCUT2D eigenvalue weighted by atomic mass is 19.1. The Morgan fingerprint density at radius 2 is 2.07 bits per heavy atom. The second-order valence-corrected chi connectivity index (χ2v) is 3.20. The van der Waals surface area contributed by atoms with Crippen LogP contribution in [0.5, 0.6) is 0 Å². The smallest absolute Gasteiger partial charge is 0.130 e. The second-order valence-electron chi connectivity index (χ2n) is 3.20. The first-order valence-electron chi connectivity index (χ1n) is 4.98. The fourth-order valence-electron chi connectivity index (χ4n) is 1.57. The Kier molecular flexibility index (Phi) is 4.52. The lowest BCUT2D eigenvalue weighted by Gasteiger charge is -2.24. The van der Waals surface area contributed by atoms with Gasteiger partial charge in [-0.05, 0) is 19.1 Å². The highest BCUT2D eigenvalue weighted by Gasteiger charge is 2.12. The molecule has 15 heavy (non-hydrogen) atoms. The van der Waals surface area contributed by atoms with Crippen LogP contribution in [0, 0.1) is 5.82 Å². The van der Waals surface area contributed by atoms with Gasteiger partial charge in [-0.1, -0.05) is 6.07 Å². The molecule has 0 bridgehead atoms. The number of hydrogen-bond donors (Lipinski definition) is 2. The number of halogens is 1. The van der Waals surface area contributed by atoms with Crippen LogP contribution in [0.15, 0.2) is 18.2 Å². The van der Waals surface area contributed by atoms with Gasteiger partial charge in [-0.25, -0.2) is 4.39 Å². The zero-order chi connectivity index (χ0) is 11.3. The van der Waals surface area contributed by atoms with E-state index in [1.54, 1.807) is 12.1 Å². The Morgan fingerprint density at radius 1 is 1.33 bits per heavy atom. The van der Waals surface area contributed by atoms with Gasteiger partial charge in [0.2, 0.25) is 0 Å². The van der Waals surface area contributed by atoms with E-state index in [-0.39, 0.29) is 18.8 Å². The van der Waals surface area contributed by atoms with Crippen molar-refractivity contribution in [3.05, 3.63) is 29.6 Å². The van der Waals surface area contributed by atoms with Gasteiger partial charge in [0.1, 0.15) is 5.82 Å². The van der Waals surface area contributed by atoms with Crippen molar-refractivity contribution in [1.82, 2.24) is 0 Å². The van der Waals surface area contributed by atoms with Gasteiger partial charge >= 0.3 is 0 Å². The maximum Gasteiger partial charge on any atom is 0.130 e. The van der Waals surface area contributed by atoms with Gasteiger partial charge in [0.25, 0.3) is 0 Å². The monoisotopic (exact) mass is 213 g/mol. The average molecular weight is 213 g/mol. The molecule has 0 saturated carbocycles. The van der Waals surface area contributed by atoms with Crippen LogP contribution in [0.25, 0.3) is 0 Å². The molecule has 0 amide bonds. The zero-order valence-electron chi connectivity index (χ0n) is 8.78. The number of anilines is 1. The van der Waals surface area contributed by atoms with Crippen LogP contribution in [0.3, 0.4) is 0 Å². The number of rotatable bonds is 5. The molecule has 0 atom stereocenters. The summed E-state index contributed by atoms with van der Waals surface area (Å²) in [5.41, 5.74) is 0.932. The predicted molar refractivity (Wildman–Crippen MR) is 57.3 cm³/mol. The van der Waals surface area contributed by atoms with Crippen LogP contribution in [-0.2, 0) is 6.61 Å². The fourth-order valence-corrected chi connectivity index (χ4v) is 1.57. The third-order valence-electron chi connectivity index (χ3n) is 2.34. The Hall–Kier alpha value is -1.13. The lowest BCUT2D eigenvalue weighted by molar-refractivity contribution is 0.275. The first-order valence-corrected chi connectivity index (χ1v) is 4.98. The van der Waals surface area contributed by atoms with Crippen LogP contribution >= 0.6 is 0 Å². The largest absolute Gasteiger partial charge is 0.395 e. The standard InChI is InChI=1S/C11H16FNO2/c1-2-13(6-7-14)11-5-3-4-10(12)9(11)8-15/h3-5,14-15H,2,6-8H2,1H3. The van der Waals surface area contributed by atoms with Crippen LogP contribution in [0.2, 0.25) is 0 Å². The average Bonchev–Trinajstić information content (AvgIpc) is 2.25. The molecule has 0 heterocycles. The van der Waals surface area contributed by atoms with Crippen molar-refractivity contribution in [2.75, 3.05) is 24.6 Å². The molecule has 0 radical (unpaired) electrons. The number of benzene rings is 1. The first kappa shape index (κ1) is 11.9. The van der Waals surface area contributed by atoms with E-state index in [1.165, 1.54) is 6.07 Å². The molecule has 4 heteroatoms. The molecule has 0 spiro atoms. The minimum Gasteiger partial charge on any atom is -0.395 e. The van der Waals surface area contributed by atoms with E-state index in [2.05, 4.69) is 0 Å². The van der Waals surface area contributed by atoms with Gasteiger partial charge in [0.15, 0.2) is 0 Å². The van der Waals surface area contributed by atoms with E-state index < -0.39 is 5.82 Å². The molecule has 0 aliphatic rings. The van der Waals surface area contributed by atoms with Crippen molar-refractivity contribution in [1.29, 1.82) is 0 Å². The van der Waals surface area contributed by atoms with Crippen LogP contribution in [0.1, 0.15) is 12.5 Å². The third kappa shape index (κ3) is 2.67. The summed E-state index contributed by atoms with van der Waals surface area (Å²) >= 11 is 0. The molecule has 3 nitrogen and oxygen atoms in total. The minimum atomic E-state index is -0.411. The number of hydrogen-bond acceptors (Lipinski definition) is 3. The Balaban J connectivity index is 3.04. The zero-order valence-corrected chi connectivity index (χ0v) is 8.78. The van der Waals surface area contributed by atoms with E-state index in [0.717, 1.165) is 0 Å². The van der Waals surface area contributed by atoms with Gasteiger partial charge in [-0.15, -0.1) is 0 Å². The Morgan fingerprint density at radius 3 is 2.60 bits per heavy atom. The quantitative estimate of drug-likeness (QED) is 0.770. The van der Waals surface area contributed by atoms with E-state index in [0.29, 0.717) is 18.8 Å². The van der Waals surface area contributed by atoms with Crippen molar-refractivity contribution in [3.63, 3.8) is 0 Å². The van der Waals surface area contributed by atoms with E-state index >= 15 is 0 Å². The third-order valence-corrected chi connectivity index (χ3v) is 2.34. The van der Waals surface area contributed by atoms with Gasteiger partial charge < -0.3 is 15.1 Å². The summed E-state index contributed by atoms with van der Waals surface area (Å²) in [6, 6.07) is 4.67. The SMILES string of the molecule is CCN(CCO)c1cccc(F)c1CO. The number of aliphatic hydroxyl groups is 2. The van der Waals surface area contributed by atoms with Gasteiger partial charge in [-0.3, -0.25) is 0 Å². The molecule has 0 fully saturated rings. The van der Waals surface area contributed by atoms with E-state index in [9.17, 15) is 4.39 Å². The summed E-state index contributed by atoms with van der Waals surface area (Å²) in [7, 11) is 0. The highest BCUT2D eigenvalue weighted by molar-refractivity contribution is 5.53. The molecule has 1 aromatic carbocycles. The minimum absolute atomic E-state index is 0.00915. The van der Waals surface area contributed by atoms with Crippen LogP contribution in [-0.4, -0.2) is 29.9 Å². The molecular weight excluding hydrogens is 197 g/mol. The molecule has 84 valence electrons. The van der Waals surface area contributed by atoms with Crippen molar-refractivity contribution >= 4 is 5.69 Å². The summed E-state index contributed by atoms with van der Waals surface area (Å²) < 4.78 is 13.3. The maximum absolute atomic E-state index is 13.3. The van der Waals surface area contributed by atoms with Gasteiger partial charge in [0.05, 0.1) is 13.2 Å². The van der Waals surface area contributed by atoms with E-state index in [1.807, 2.05) is 11.8 Å². The Labute approximate surface area is 88.8 Å². The fraction of sp³-hybridized carbons (Fsp3) is 0.455. The lowest BCUT2D eigenvalue weighted by Crippen LogP contribution is -2.27. The summed E-state index contributed by atoms with van der Waals surface area (Å²) in [5, 5.41) is 17.9. The number of aliphatic hydroxyl groups excluding tert-OH is 2. The van der Waals surface area contributed by atoms with Crippen molar-refractivity contribution in [3.8, 4) is 0 Å². The molecule has 0 aliphatic heterocycles. The molecule has 2 N–H and O–H groups in total. The summed E-state index contributed by atoms with van der Waals surface area (Å²) in [5.74, 6) is -0.411. The van der Waals surface area contributed by atoms with Crippen LogP contribution < -0.4 is 4.90 Å². The topological polar surface area (TPSA) is 43.7 Å². The Bertz CT molecular complexity index is 317. The molecule has 0 aromatic heterocycles. The van der Waals surface area contributed by atoms with Crippen molar-refractivity contribution in [2.24, 2.45) is 0 Å².